The molecule has 0 aromatic carbocycles. The fourth-order valence-corrected chi connectivity index (χ4v) is 3.56. The Morgan fingerprint density at radius 1 is 1.21 bits per heavy atom. The number of ether oxygens (including phenoxy) is 1. The van der Waals surface area contributed by atoms with E-state index in [2.05, 4.69) is 10.3 Å². The Labute approximate surface area is 161 Å². The molecule has 0 atom stereocenters. The first-order valence-corrected chi connectivity index (χ1v) is 9.34. The SMILES string of the molecule is COC1=CC=C(NC(=O)CCCn2c(=O)c3cccn3c3ccncc32)CC1. The molecule has 3 aromatic rings. The Kier molecular flexibility index (Phi) is 4.97. The number of hydrogen-bond donors (Lipinski definition) is 1. The normalized spacial score (nSPS) is 14.0. The summed E-state index contributed by atoms with van der Waals surface area (Å²) in [5, 5.41) is 2.95. The van der Waals surface area contributed by atoms with Crippen LogP contribution in [-0.2, 0) is 16.1 Å². The summed E-state index contributed by atoms with van der Waals surface area (Å²) in [7, 11) is 1.65. The average Bonchev–Trinajstić information content (AvgIpc) is 3.21. The van der Waals surface area contributed by atoms with E-state index in [-0.39, 0.29) is 11.5 Å². The van der Waals surface area contributed by atoms with Crippen LogP contribution < -0.4 is 10.9 Å². The van der Waals surface area contributed by atoms with Gasteiger partial charge in [-0.25, -0.2) is 0 Å². The zero-order valence-corrected chi connectivity index (χ0v) is 15.7. The highest BCUT2D eigenvalue weighted by Gasteiger charge is 2.12. The standard InChI is InChI=1S/C21H22N4O3/c1-28-16-8-6-15(7-9-16)23-20(26)5-3-13-25-19-14-22-11-10-17(19)24-12-2-4-18(24)21(25)27/h2,4,6,8,10-12,14H,3,5,7,9,13H2,1H3,(H,23,26). The number of fused-ring (bicyclic) bond motifs is 3. The molecule has 0 radical (unpaired) electrons. The highest BCUT2D eigenvalue weighted by molar-refractivity contribution is 5.79. The Balaban J connectivity index is 1.46. The van der Waals surface area contributed by atoms with Crippen molar-refractivity contribution in [2.24, 2.45) is 0 Å². The molecule has 0 fully saturated rings. The van der Waals surface area contributed by atoms with Crippen LogP contribution in [0.3, 0.4) is 0 Å². The molecule has 0 spiro atoms. The molecule has 4 rings (SSSR count). The number of carbonyl (C=O) groups excluding carboxylic acids is 1. The summed E-state index contributed by atoms with van der Waals surface area (Å²) in [6, 6.07) is 5.56. The highest BCUT2D eigenvalue weighted by Crippen LogP contribution is 2.17. The van der Waals surface area contributed by atoms with Gasteiger partial charge in [-0.1, -0.05) is 0 Å². The molecule has 0 aliphatic heterocycles. The number of aryl methyl sites for hydroxylation is 1. The average molecular weight is 378 g/mol. The van der Waals surface area contributed by atoms with Crippen LogP contribution in [-0.4, -0.2) is 27.0 Å². The van der Waals surface area contributed by atoms with E-state index in [0.717, 1.165) is 35.3 Å². The quantitative estimate of drug-likeness (QED) is 0.715. The lowest BCUT2D eigenvalue weighted by Gasteiger charge is -2.15. The van der Waals surface area contributed by atoms with Crippen molar-refractivity contribution in [3.63, 3.8) is 0 Å². The topological polar surface area (TPSA) is 77.6 Å². The molecule has 0 saturated heterocycles. The van der Waals surface area contributed by atoms with Gasteiger partial charge in [0.05, 0.1) is 30.1 Å². The summed E-state index contributed by atoms with van der Waals surface area (Å²) < 4.78 is 8.78. The zero-order valence-electron chi connectivity index (χ0n) is 15.7. The van der Waals surface area contributed by atoms with E-state index in [4.69, 9.17) is 4.74 Å². The second-order valence-electron chi connectivity index (χ2n) is 6.77. The number of amides is 1. The molecule has 0 saturated carbocycles. The van der Waals surface area contributed by atoms with Crippen LogP contribution in [0.4, 0.5) is 0 Å². The number of nitrogens with zero attached hydrogens (tertiary/aromatic N) is 3. The maximum Gasteiger partial charge on any atom is 0.275 e. The summed E-state index contributed by atoms with van der Waals surface area (Å²) in [5.74, 6) is 0.874. The second kappa shape index (κ2) is 7.72. The van der Waals surface area contributed by atoms with Gasteiger partial charge in [-0.15, -0.1) is 0 Å². The maximum atomic E-state index is 12.8. The van der Waals surface area contributed by atoms with Crippen LogP contribution in [0.1, 0.15) is 25.7 Å². The summed E-state index contributed by atoms with van der Waals surface area (Å²) >= 11 is 0. The van der Waals surface area contributed by atoms with Crippen molar-refractivity contribution in [1.29, 1.82) is 0 Å². The first kappa shape index (κ1) is 18.0. The zero-order chi connectivity index (χ0) is 19.5. The van der Waals surface area contributed by atoms with E-state index >= 15 is 0 Å². The summed E-state index contributed by atoms with van der Waals surface area (Å²) in [4.78, 5) is 29.3. The van der Waals surface area contributed by atoms with Gasteiger partial charge in [-0.2, -0.15) is 0 Å². The number of aromatic nitrogens is 3. The van der Waals surface area contributed by atoms with Crippen molar-refractivity contribution in [2.75, 3.05) is 7.11 Å². The van der Waals surface area contributed by atoms with Crippen LogP contribution in [0.2, 0.25) is 0 Å². The number of allylic oxidation sites excluding steroid dienone is 4. The minimum atomic E-state index is -0.0712. The van der Waals surface area contributed by atoms with Crippen molar-refractivity contribution in [2.45, 2.75) is 32.2 Å². The lowest BCUT2D eigenvalue weighted by atomic mass is 10.1. The van der Waals surface area contributed by atoms with E-state index in [1.165, 1.54) is 0 Å². The van der Waals surface area contributed by atoms with Crippen LogP contribution in [0, 0.1) is 0 Å². The van der Waals surface area contributed by atoms with E-state index < -0.39 is 0 Å². The monoisotopic (exact) mass is 378 g/mol. The van der Waals surface area contributed by atoms with Crippen molar-refractivity contribution in [3.05, 3.63) is 70.8 Å². The molecule has 1 N–H and O–H groups in total. The molecular weight excluding hydrogens is 356 g/mol. The van der Waals surface area contributed by atoms with Gasteiger partial charge < -0.3 is 19.0 Å². The highest BCUT2D eigenvalue weighted by atomic mass is 16.5. The van der Waals surface area contributed by atoms with Crippen molar-refractivity contribution in [3.8, 4) is 0 Å². The fraction of sp³-hybridized carbons (Fsp3) is 0.286. The van der Waals surface area contributed by atoms with Gasteiger partial charge in [0.2, 0.25) is 5.91 Å². The maximum absolute atomic E-state index is 12.8. The molecule has 3 aromatic heterocycles. The first-order chi connectivity index (χ1) is 13.7. The van der Waals surface area contributed by atoms with Gasteiger partial charge in [0, 0.05) is 37.5 Å². The summed E-state index contributed by atoms with van der Waals surface area (Å²) in [5.41, 5.74) is 3.14. The predicted octanol–water partition coefficient (Wildman–Crippen LogP) is 2.75. The van der Waals surface area contributed by atoms with Crippen LogP contribution in [0.15, 0.2) is 65.2 Å². The number of carbonyl (C=O) groups is 1. The summed E-state index contributed by atoms with van der Waals surface area (Å²) in [6.45, 7) is 0.461. The number of rotatable bonds is 6. The van der Waals surface area contributed by atoms with Gasteiger partial charge in [0.1, 0.15) is 5.52 Å². The number of nitrogens with one attached hydrogen (secondary N) is 1. The molecule has 0 unspecified atom stereocenters. The minimum Gasteiger partial charge on any atom is -0.501 e. The Morgan fingerprint density at radius 2 is 2.11 bits per heavy atom. The Hall–Kier alpha value is -3.35. The largest absolute Gasteiger partial charge is 0.501 e. The molecule has 7 heteroatoms. The second-order valence-corrected chi connectivity index (χ2v) is 6.77. The van der Waals surface area contributed by atoms with E-state index in [9.17, 15) is 9.59 Å². The van der Waals surface area contributed by atoms with E-state index in [0.29, 0.717) is 24.9 Å². The van der Waals surface area contributed by atoms with Gasteiger partial charge in [0.25, 0.3) is 5.56 Å². The Bertz CT molecular complexity index is 1150. The number of methoxy groups -OCH3 is 1. The Morgan fingerprint density at radius 3 is 2.89 bits per heavy atom. The molecule has 3 heterocycles. The molecule has 1 amide bonds. The van der Waals surface area contributed by atoms with Crippen molar-refractivity contribution in [1.82, 2.24) is 19.3 Å². The van der Waals surface area contributed by atoms with Gasteiger partial charge in [-0.3, -0.25) is 14.6 Å². The molecule has 144 valence electrons. The minimum absolute atomic E-state index is 0.0419. The molecule has 28 heavy (non-hydrogen) atoms. The van der Waals surface area contributed by atoms with E-state index in [1.807, 2.05) is 40.9 Å². The fourth-order valence-electron chi connectivity index (χ4n) is 3.56. The first-order valence-electron chi connectivity index (χ1n) is 9.34. The molecule has 0 bridgehead atoms. The third kappa shape index (κ3) is 3.43. The number of hydrogen-bond acceptors (Lipinski definition) is 4. The van der Waals surface area contributed by atoms with Gasteiger partial charge >= 0.3 is 0 Å². The lowest BCUT2D eigenvalue weighted by Crippen LogP contribution is -2.26. The predicted molar refractivity (Wildman–Crippen MR) is 107 cm³/mol. The van der Waals surface area contributed by atoms with Crippen LogP contribution in [0.5, 0.6) is 0 Å². The van der Waals surface area contributed by atoms with Crippen molar-refractivity contribution >= 4 is 22.5 Å². The van der Waals surface area contributed by atoms with Gasteiger partial charge in [0.15, 0.2) is 0 Å². The van der Waals surface area contributed by atoms with Crippen LogP contribution in [0.25, 0.3) is 16.6 Å². The molecular formula is C21H22N4O3. The van der Waals surface area contributed by atoms with Crippen LogP contribution >= 0.6 is 0 Å². The molecule has 1 aliphatic rings. The lowest BCUT2D eigenvalue weighted by molar-refractivity contribution is -0.120. The smallest absolute Gasteiger partial charge is 0.275 e. The van der Waals surface area contributed by atoms with E-state index in [1.54, 1.807) is 24.1 Å². The molecule has 7 nitrogen and oxygen atoms in total. The van der Waals surface area contributed by atoms with Gasteiger partial charge in [-0.05, 0) is 43.2 Å². The van der Waals surface area contributed by atoms with Crippen molar-refractivity contribution < 1.29 is 9.53 Å². The summed E-state index contributed by atoms with van der Waals surface area (Å²) in [6.07, 6.45) is 11.5. The number of pyridine rings is 1. The third-order valence-corrected chi connectivity index (χ3v) is 5.00. The third-order valence-electron chi connectivity index (χ3n) is 5.00. The molecule has 1 aliphatic carbocycles.